The molecule has 2 atom stereocenters. The van der Waals surface area contributed by atoms with Crippen LogP contribution in [0.4, 0.5) is 0 Å². The number of rotatable bonds is 15. The van der Waals surface area contributed by atoms with E-state index < -0.39 is 36.3 Å². The summed E-state index contributed by atoms with van der Waals surface area (Å²) in [6.45, 7) is 7.81. The number of hydrogen-bond donors (Lipinski definition) is 4. The first-order valence-corrected chi connectivity index (χ1v) is 19.4. The fraction of sp³-hybridized carbons (Fsp3) is 0.341. The van der Waals surface area contributed by atoms with E-state index in [0.717, 1.165) is 33.2 Å². The van der Waals surface area contributed by atoms with Crippen molar-refractivity contribution in [2.75, 3.05) is 20.4 Å². The Bertz CT molecular complexity index is 1770. The van der Waals surface area contributed by atoms with Crippen molar-refractivity contribution in [3.05, 3.63) is 144 Å². The van der Waals surface area contributed by atoms with Crippen LogP contribution >= 0.6 is 7.28 Å². The molecule has 0 saturated heterocycles. The first kappa shape index (κ1) is 37.4. The molecule has 0 radical (unpaired) electrons. The third kappa shape index (κ3) is 6.64. The van der Waals surface area contributed by atoms with Crippen molar-refractivity contribution in [1.82, 2.24) is 9.88 Å². The maximum atomic E-state index is 12.9. The zero-order valence-corrected chi connectivity index (χ0v) is 30.7. The van der Waals surface area contributed by atoms with Crippen molar-refractivity contribution in [3.63, 3.8) is 0 Å². The molecule has 0 bridgehead atoms. The Morgan fingerprint density at radius 2 is 1.16 bits per heavy atom. The maximum absolute atomic E-state index is 12.9. The molecular weight excluding hydrogens is 645 g/mol. The van der Waals surface area contributed by atoms with Crippen molar-refractivity contribution < 1.29 is 24.2 Å². The molecule has 0 spiro atoms. The van der Waals surface area contributed by atoms with Crippen LogP contribution in [0.15, 0.2) is 121 Å². The molecule has 4 N–H and O–H groups in total. The van der Waals surface area contributed by atoms with Crippen LogP contribution in [0.3, 0.4) is 0 Å². The van der Waals surface area contributed by atoms with Crippen LogP contribution in [-0.2, 0) is 21.3 Å². The summed E-state index contributed by atoms with van der Waals surface area (Å²) in [5.74, 6) is -1.98. The molecule has 0 aliphatic rings. The molecule has 1 aromatic heterocycles. The van der Waals surface area contributed by atoms with Crippen LogP contribution < -0.4 is 0 Å². The number of fused-ring (bicyclic) bond motifs is 1. The van der Waals surface area contributed by atoms with Crippen molar-refractivity contribution in [3.8, 4) is 6.07 Å². The van der Waals surface area contributed by atoms with E-state index in [-0.39, 0.29) is 18.5 Å². The van der Waals surface area contributed by atoms with Crippen LogP contribution in [0.2, 0.25) is 0 Å². The molecule has 8 nitrogen and oxygen atoms in total. The van der Waals surface area contributed by atoms with Crippen LogP contribution in [-0.4, -0.2) is 74.5 Å². The standard InChI is InChI=1S/C41H50N3O5P/c1-30(2)44(31(3)4)36(27-42)29-50(45,46,47)39(26-32-28-43-38-25-17-16-24-37(32)38)41(48-5,49-6)40(33-18-10-7-11-19-33,34-20-12-8-13-21-34)35-22-14-9-15-23-35/h7-25,28,30-31,36,39,43,45-47H,26,29H2,1-6H3. The minimum atomic E-state index is -6.05. The van der Waals surface area contributed by atoms with Crippen LogP contribution in [0.1, 0.15) is 49.9 Å². The van der Waals surface area contributed by atoms with Gasteiger partial charge in [0.2, 0.25) is 0 Å². The van der Waals surface area contributed by atoms with E-state index in [0.29, 0.717) is 0 Å². The zero-order valence-electron chi connectivity index (χ0n) is 29.8. The second-order valence-corrected chi connectivity index (χ2v) is 17.1. The summed E-state index contributed by atoms with van der Waals surface area (Å²) in [5, 5.41) is 11.5. The summed E-state index contributed by atoms with van der Waals surface area (Å²) >= 11 is 0. The summed E-state index contributed by atoms with van der Waals surface area (Å²) in [6, 6.07) is 37.9. The van der Waals surface area contributed by atoms with E-state index in [4.69, 9.17) is 9.47 Å². The number of nitrogens with zero attached hydrogens (tertiary/aromatic N) is 2. The summed E-state index contributed by atoms with van der Waals surface area (Å²) < 4.78 is 13.4. The van der Waals surface area contributed by atoms with Crippen LogP contribution in [0, 0.1) is 11.3 Å². The summed E-state index contributed by atoms with van der Waals surface area (Å²) in [6.07, 6.45) is 1.14. The average molecular weight is 696 g/mol. The first-order valence-electron chi connectivity index (χ1n) is 17.1. The Morgan fingerprint density at radius 3 is 1.58 bits per heavy atom. The average Bonchev–Trinajstić information content (AvgIpc) is 3.53. The molecule has 2 unspecified atom stereocenters. The summed E-state index contributed by atoms with van der Waals surface area (Å²) in [4.78, 5) is 44.0. The number of methoxy groups -OCH3 is 2. The van der Waals surface area contributed by atoms with Gasteiger partial charge in [-0.25, -0.2) is 0 Å². The summed E-state index contributed by atoms with van der Waals surface area (Å²) in [5.41, 5.74) is 0.944. The Morgan fingerprint density at radius 1 is 0.720 bits per heavy atom. The van der Waals surface area contributed by atoms with Gasteiger partial charge >= 0.3 is 297 Å². The minimum absolute atomic E-state index is 0.0667. The normalized spacial score (nSPS) is 14.8. The molecule has 0 amide bonds. The SMILES string of the molecule is COC(OC)(C(Cc1c[nH]c2ccccc12)P(O)(O)(O)CC(C#N)N(C(C)C)C(C)C)C(c1ccccc1)(c1ccccc1)c1ccccc1. The van der Waals surface area contributed by atoms with Crippen molar-refractivity contribution >= 4 is 18.2 Å². The van der Waals surface area contributed by atoms with Gasteiger partial charge in [0.1, 0.15) is 0 Å². The van der Waals surface area contributed by atoms with Gasteiger partial charge in [0, 0.05) is 0 Å². The number of nitrogens with one attached hydrogen (secondary N) is 1. The van der Waals surface area contributed by atoms with Gasteiger partial charge in [-0.05, 0) is 0 Å². The Hall–Kier alpha value is -3.90. The van der Waals surface area contributed by atoms with Gasteiger partial charge in [-0.2, -0.15) is 0 Å². The summed E-state index contributed by atoms with van der Waals surface area (Å²) in [7, 11) is -3.08. The van der Waals surface area contributed by atoms with Gasteiger partial charge in [0.25, 0.3) is 0 Å². The molecule has 4 aromatic carbocycles. The van der Waals surface area contributed by atoms with E-state index in [9.17, 15) is 19.9 Å². The molecule has 0 saturated carbocycles. The second-order valence-electron chi connectivity index (χ2n) is 13.7. The zero-order chi connectivity index (χ0) is 36.2. The number of nitriles is 1. The molecule has 9 heteroatoms. The van der Waals surface area contributed by atoms with Gasteiger partial charge in [-0.3, -0.25) is 0 Å². The molecule has 1 heterocycles. The molecule has 5 rings (SSSR count). The molecule has 0 aliphatic carbocycles. The molecule has 5 aromatic rings. The topological polar surface area (TPSA) is 122 Å². The third-order valence-electron chi connectivity index (χ3n) is 10.1. The van der Waals surface area contributed by atoms with Gasteiger partial charge in [0.05, 0.1) is 0 Å². The monoisotopic (exact) mass is 695 g/mol. The number of hydrogen-bond acceptors (Lipinski definition) is 7. The van der Waals surface area contributed by atoms with E-state index in [1.165, 1.54) is 14.2 Å². The number of aromatic amines is 1. The molecular formula is C41H50N3O5P. The van der Waals surface area contributed by atoms with Gasteiger partial charge in [-0.15, -0.1) is 0 Å². The Kier molecular flexibility index (Phi) is 11.0. The molecule has 0 aliphatic heterocycles. The van der Waals surface area contributed by atoms with Gasteiger partial charge in [-0.1, -0.05) is 0 Å². The quantitative estimate of drug-likeness (QED) is 0.0512. The van der Waals surface area contributed by atoms with E-state index in [1.54, 1.807) is 0 Å². The fourth-order valence-corrected chi connectivity index (χ4v) is 11.1. The number of para-hydroxylation sites is 1. The van der Waals surface area contributed by atoms with Crippen molar-refractivity contribution in [2.24, 2.45) is 0 Å². The van der Waals surface area contributed by atoms with Crippen LogP contribution in [0.25, 0.3) is 10.9 Å². The van der Waals surface area contributed by atoms with Gasteiger partial charge in [0.15, 0.2) is 0 Å². The third-order valence-corrected chi connectivity index (χ3v) is 13.0. The second kappa shape index (κ2) is 14.8. The number of benzene rings is 4. The molecule has 264 valence electrons. The van der Waals surface area contributed by atoms with E-state index in [2.05, 4.69) is 11.1 Å². The predicted molar refractivity (Wildman–Crippen MR) is 202 cm³/mol. The van der Waals surface area contributed by atoms with Crippen LogP contribution in [0.5, 0.6) is 0 Å². The Balaban J connectivity index is 1.91. The number of ether oxygens (including phenoxy) is 2. The Labute approximate surface area is 296 Å². The van der Waals surface area contributed by atoms with E-state index in [1.807, 2.05) is 154 Å². The number of aromatic nitrogens is 1. The molecule has 0 fully saturated rings. The van der Waals surface area contributed by atoms with Gasteiger partial charge < -0.3 is 0 Å². The number of H-pyrrole nitrogens is 1. The van der Waals surface area contributed by atoms with E-state index >= 15 is 0 Å². The first-order chi connectivity index (χ1) is 23.8. The van der Waals surface area contributed by atoms with Crippen molar-refractivity contribution in [2.45, 2.75) is 69.1 Å². The fourth-order valence-electron chi connectivity index (χ4n) is 8.23. The molecule has 50 heavy (non-hydrogen) atoms. The van der Waals surface area contributed by atoms with Crippen molar-refractivity contribution in [1.29, 1.82) is 5.26 Å². The predicted octanol–water partition coefficient (Wildman–Crippen LogP) is 7.39.